The van der Waals surface area contributed by atoms with Crippen LogP contribution in [0.3, 0.4) is 0 Å². The first kappa shape index (κ1) is 17.0. The average Bonchev–Trinajstić information content (AvgIpc) is 2.95. The van der Waals surface area contributed by atoms with Gasteiger partial charge in [-0.3, -0.25) is 9.78 Å². The Balaban J connectivity index is 2.10. The van der Waals surface area contributed by atoms with Crippen LogP contribution in [0.4, 0.5) is 5.69 Å². The maximum Gasteiger partial charge on any atom is 0.227 e. The number of hydrogen-bond acceptors (Lipinski definition) is 5. The van der Waals surface area contributed by atoms with Crippen LogP contribution in [0.25, 0.3) is 5.69 Å². The summed E-state index contributed by atoms with van der Waals surface area (Å²) in [6, 6.07) is 3.66. The normalized spacial score (nSPS) is 11.4. The van der Waals surface area contributed by atoms with E-state index in [1.54, 1.807) is 36.4 Å². The molecule has 2 aromatic heterocycles. The third-order valence-corrected chi connectivity index (χ3v) is 3.51. The van der Waals surface area contributed by atoms with Crippen LogP contribution in [0.5, 0.6) is 0 Å². The minimum atomic E-state index is -0.0803. The van der Waals surface area contributed by atoms with E-state index in [0.717, 1.165) is 11.4 Å². The summed E-state index contributed by atoms with van der Waals surface area (Å²) >= 11 is 6.16. The van der Waals surface area contributed by atoms with Crippen LogP contribution in [0, 0.1) is 0 Å². The molecule has 0 aliphatic carbocycles. The molecule has 0 spiro atoms. The molecule has 1 amide bonds. The van der Waals surface area contributed by atoms with Crippen LogP contribution in [0.1, 0.15) is 19.8 Å². The van der Waals surface area contributed by atoms with Crippen molar-refractivity contribution in [3.05, 3.63) is 35.9 Å². The van der Waals surface area contributed by atoms with E-state index in [1.807, 2.05) is 13.0 Å². The molecule has 2 aromatic rings. The van der Waals surface area contributed by atoms with Crippen molar-refractivity contribution < 1.29 is 9.63 Å². The highest BCUT2D eigenvalue weighted by molar-refractivity contribution is 6.32. The third kappa shape index (κ3) is 4.29. The summed E-state index contributed by atoms with van der Waals surface area (Å²) in [5.74, 6) is -0.0803. The van der Waals surface area contributed by atoms with Gasteiger partial charge in [0.1, 0.15) is 12.8 Å². The van der Waals surface area contributed by atoms with E-state index < -0.39 is 0 Å². The van der Waals surface area contributed by atoms with Crippen molar-refractivity contribution in [3.63, 3.8) is 0 Å². The molecule has 0 aromatic carbocycles. The number of nitrogens with zero attached hydrogens (tertiary/aromatic N) is 5. The van der Waals surface area contributed by atoms with Crippen molar-refractivity contribution in [1.82, 2.24) is 14.8 Å². The summed E-state index contributed by atoms with van der Waals surface area (Å²) in [6.07, 6.45) is 5.87. The first-order chi connectivity index (χ1) is 11.0. The second kappa shape index (κ2) is 7.73. The molecule has 0 N–H and O–H groups in total. The molecular formula is C15H18ClN5O2. The van der Waals surface area contributed by atoms with E-state index in [1.165, 1.54) is 12.0 Å². The van der Waals surface area contributed by atoms with E-state index in [2.05, 4.69) is 20.1 Å². The van der Waals surface area contributed by atoms with Crippen molar-refractivity contribution in [3.8, 4) is 5.69 Å². The molecule has 0 aliphatic rings. The number of carbonyl (C=O) groups excluding carboxylic acids is 1. The Labute approximate surface area is 139 Å². The number of amides is 1. The van der Waals surface area contributed by atoms with Crippen LogP contribution in [-0.4, -0.2) is 40.5 Å². The van der Waals surface area contributed by atoms with Gasteiger partial charge in [-0.2, -0.15) is 5.10 Å². The van der Waals surface area contributed by atoms with Crippen LogP contribution < -0.4 is 4.90 Å². The molecule has 0 saturated heterocycles. The fourth-order valence-corrected chi connectivity index (χ4v) is 2.24. The van der Waals surface area contributed by atoms with Gasteiger partial charge in [-0.05, 0) is 25.5 Å². The lowest BCUT2D eigenvalue weighted by Crippen LogP contribution is -2.26. The Kier molecular flexibility index (Phi) is 5.70. The molecule has 2 heterocycles. The van der Waals surface area contributed by atoms with Gasteiger partial charge in [0.05, 0.1) is 23.8 Å². The minimum absolute atomic E-state index is 0.0803. The van der Waals surface area contributed by atoms with E-state index in [9.17, 15) is 4.79 Å². The fourth-order valence-electron chi connectivity index (χ4n) is 1.98. The van der Waals surface area contributed by atoms with E-state index in [0.29, 0.717) is 18.5 Å². The largest absolute Gasteiger partial charge is 0.399 e. The first-order valence-electron chi connectivity index (χ1n) is 7.01. The van der Waals surface area contributed by atoms with Crippen molar-refractivity contribution in [2.45, 2.75) is 19.8 Å². The molecule has 0 radical (unpaired) electrons. The number of pyridine rings is 1. The predicted molar refractivity (Wildman–Crippen MR) is 89.1 cm³/mol. The molecule has 2 rings (SSSR count). The van der Waals surface area contributed by atoms with Gasteiger partial charge in [0, 0.05) is 19.7 Å². The molecule has 0 bridgehead atoms. The zero-order valence-corrected chi connectivity index (χ0v) is 14.0. The van der Waals surface area contributed by atoms with Gasteiger partial charge in [-0.15, -0.1) is 0 Å². The summed E-state index contributed by atoms with van der Waals surface area (Å²) in [5.41, 5.74) is 2.07. The second-order valence-electron chi connectivity index (χ2n) is 4.92. The van der Waals surface area contributed by atoms with Crippen LogP contribution >= 0.6 is 11.6 Å². The zero-order chi connectivity index (χ0) is 16.8. The average molecular weight is 336 g/mol. The van der Waals surface area contributed by atoms with Crippen molar-refractivity contribution in [2.24, 2.45) is 5.16 Å². The van der Waals surface area contributed by atoms with Crippen molar-refractivity contribution in [1.29, 1.82) is 0 Å². The molecular weight excluding hydrogens is 318 g/mol. The third-order valence-electron chi connectivity index (χ3n) is 3.25. The van der Waals surface area contributed by atoms with Crippen molar-refractivity contribution in [2.75, 3.05) is 19.1 Å². The highest BCUT2D eigenvalue weighted by atomic mass is 35.5. The van der Waals surface area contributed by atoms with Crippen molar-refractivity contribution >= 4 is 28.9 Å². The number of anilines is 1. The highest BCUT2D eigenvalue weighted by Gasteiger charge is 2.18. The molecule has 0 fully saturated rings. The van der Waals surface area contributed by atoms with Gasteiger partial charge in [0.25, 0.3) is 0 Å². The quantitative estimate of drug-likeness (QED) is 0.601. The first-order valence-corrected chi connectivity index (χ1v) is 7.39. The fraction of sp³-hybridized carbons (Fsp3) is 0.333. The zero-order valence-electron chi connectivity index (χ0n) is 13.2. The second-order valence-corrected chi connectivity index (χ2v) is 5.28. The molecule has 0 atom stereocenters. The summed E-state index contributed by atoms with van der Waals surface area (Å²) in [6.45, 7) is 1.81. The molecule has 0 saturated carbocycles. The number of rotatable bonds is 6. The standard InChI is InChI=1S/C15H18ClN5O2/c1-11(19-23-3)6-7-14(22)20(2)13-10-21(18-15(13)16)12-5-4-8-17-9-12/h4-5,8-10H,6-7H2,1-3H3/b19-11-. The number of oxime groups is 1. The van der Waals surface area contributed by atoms with E-state index in [4.69, 9.17) is 11.6 Å². The molecule has 0 unspecified atom stereocenters. The van der Waals surface area contributed by atoms with E-state index in [-0.39, 0.29) is 11.1 Å². The van der Waals surface area contributed by atoms with Gasteiger partial charge in [-0.25, -0.2) is 4.68 Å². The summed E-state index contributed by atoms with van der Waals surface area (Å²) < 4.78 is 1.59. The Hall–Kier alpha value is -2.41. The van der Waals surface area contributed by atoms with Gasteiger partial charge >= 0.3 is 0 Å². The predicted octanol–water partition coefficient (Wildman–Crippen LogP) is 2.69. The monoisotopic (exact) mass is 335 g/mol. The molecule has 8 heteroatoms. The smallest absolute Gasteiger partial charge is 0.227 e. The Morgan fingerprint density at radius 2 is 2.26 bits per heavy atom. The molecule has 23 heavy (non-hydrogen) atoms. The Morgan fingerprint density at radius 3 is 2.91 bits per heavy atom. The number of halogens is 1. The van der Waals surface area contributed by atoms with Gasteiger partial charge < -0.3 is 9.74 Å². The maximum atomic E-state index is 12.3. The molecule has 7 nitrogen and oxygen atoms in total. The summed E-state index contributed by atoms with van der Waals surface area (Å²) in [4.78, 5) is 22.5. The van der Waals surface area contributed by atoms with Gasteiger partial charge in [-0.1, -0.05) is 16.8 Å². The van der Waals surface area contributed by atoms with Crippen LogP contribution in [0.15, 0.2) is 35.9 Å². The molecule has 122 valence electrons. The number of carbonyl (C=O) groups is 1. The Morgan fingerprint density at radius 1 is 1.48 bits per heavy atom. The maximum absolute atomic E-state index is 12.3. The number of hydrogen-bond donors (Lipinski definition) is 0. The topological polar surface area (TPSA) is 72.6 Å². The van der Waals surface area contributed by atoms with Gasteiger partial charge in [0.15, 0.2) is 5.15 Å². The van der Waals surface area contributed by atoms with Gasteiger partial charge in [0.2, 0.25) is 5.91 Å². The highest BCUT2D eigenvalue weighted by Crippen LogP contribution is 2.25. The summed E-state index contributed by atoms with van der Waals surface area (Å²) in [5, 5.41) is 8.26. The Bertz CT molecular complexity index is 699. The lowest BCUT2D eigenvalue weighted by Gasteiger charge is -2.15. The SMILES string of the molecule is CO/N=C(/C)CCC(=O)N(C)c1cn(-c2cccnc2)nc1Cl. The summed E-state index contributed by atoms with van der Waals surface area (Å²) in [7, 11) is 3.14. The van der Waals surface area contributed by atoms with E-state index >= 15 is 0 Å². The number of aromatic nitrogens is 3. The lowest BCUT2D eigenvalue weighted by molar-refractivity contribution is -0.118. The lowest BCUT2D eigenvalue weighted by atomic mass is 10.2. The minimum Gasteiger partial charge on any atom is -0.399 e. The molecule has 0 aliphatic heterocycles. The van der Waals surface area contributed by atoms with Crippen LogP contribution in [-0.2, 0) is 9.63 Å². The van der Waals surface area contributed by atoms with Crippen LogP contribution in [0.2, 0.25) is 5.15 Å².